The zero-order chi connectivity index (χ0) is 47.2. The first-order valence-electron chi connectivity index (χ1n) is 27.1. The molecule has 0 aliphatic carbocycles. The van der Waals surface area contributed by atoms with Crippen molar-refractivity contribution < 1.29 is 28.6 Å². The van der Waals surface area contributed by atoms with Gasteiger partial charge in [-0.1, -0.05) is 228 Å². The van der Waals surface area contributed by atoms with Gasteiger partial charge in [-0.3, -0.25) is 14.4 Å². The number of esters is 3. The van der Waals surface area contributed by atoms with Crippen LogP contribution in [0.5, 0.6) is 0 Å². The fourth-order valence-corrected chi connectivity index (χ4v) is 7.33. The molecule has 1 unspecified atom stereocenters. The van der Waals surface area contributed by atoms with E-state index in [2.05, 4.69) is 106 Å². The lowest BCUT2D eigenvalue weighted by molar-refractivity contribution is -0.167. The summed E-state index contributed by atoms with van der Waals surface area (Å²) in [5, 5.41) is 0. The van der Waals surface area contributed by atoms with Crippen LogP contribution in [0.15, 0.2) is 85.1 Å². The Morgan fingerprint density at radius 2 is 0.615 bits per heavy atom. The van der Waals surface area contributed by atoms with Crippen LogP contribution < -0.4 is 0 Å². The van der Waals surface area contributed by atoms with Crippen LogP contribution in [-0.4, -0.2) is 37.2 Å². The molecule has 0 rings (SSSR count). The molecule has 0 aromatic rings. The van der Waals surface area contributed by atoms with E-state index in [0.29, 0.717) is 19.3 Å². The van der Waals surface area contributed by atoms with Crippen molar-refractivity contribution in [1.29, 1.82) is 0 Å². The first-order chi connectivity index (χ1) is 32.0. The largest absolute Gasteiger partial charge is 0.462 e. The van der Waals surface area contributed by atoms with E-state index in [1.807, 2.05) is 0 Å². The highest BCUT2D eigenvalue weighted by molar-refractivity contribution is 5.71. The molecule has 0 N–H and O–H groups in total. The average Bonchev–Trinajstić information content (AvgIpc) is 3.30. The monoisotopic (exact) mass is 905 g/mol. The molecule has 0 amide bonds. The van der Waals surface area contributed by atoms with E-state index in [-0.39, 0.29) is 37.5 Å². The Balaban J connectivity index is 4.43. The molecule has 372 valence electrons. The minimum Gasteiger partial charge on any atom is -0.462 e. The van der Waals surface area contributed by atoms with Gasteiger partial charge in [0.15, 0.2) is 6.10 Å². The number of hydrogen-bond acceptors (Lipinski definition) is 6. The Bertz CT molecular complexity index is 1270. The number of carbonyl (C=O) groups excluding carboxylic acids is 3. The van der Waals surface area contributed by atoms with Crippen LogP contribution in [0.1, 0.15) is 252 Å². The van der Waals surface area contributed by atoms with Crippen LogP contribution in [0.25, 0.3) is 0 Å². The van der Waals surface area contributed by atoms with Crippen molar-refractivity contribution in [2.45, 2.75) is 258 Å². The maximum atomic E-state index is 12.8. The SMILES string of the molecule is CC/C=C\C/C=C\C/C=C\C/C=C\C/C=C\CCCC(=O)OC(COC(=O)CCCCCCCCCCC/C=C\C/C=C\CCCCC)COC(=O)CCCCCCCCCCCCC. The van der Waals surface area contributed by atoms with Crippen molar-refractivity contribution in [3.63, 3.8) is 0 Å². The molecule has 6 nitrogen and oxygen atoms in total. The van der Waals surface area contributed by atoms with Crippen LogP contribution in [-0.2, 0) is 28.6 Å². The standard InChI is InChI=1S/C59H100O6/c1-4-7-10-13-16-19-22-24-26-28-29-31-32-34-37-40-43-46-49-52-58(61)64-55-56(54-63-57(60)51-48-45-42-39-36-21-18-15-12-9-6-3)65-59(62)53-50-47-44-41-38-35-33-30-27-25-23-20-17-14-11-8-5-2/h8,11,16-17,19-20,24-27,33,35,41,44,56H,4-7,9-10,12-15,18,21-23,28-32,34,36-40,42-43,45-55H2,1-3H3/b11-8-,19-16-,20-17-,26-24-,27-25-,35-33-,44-41-. The molecule has 0 saturated carbocycles. The van der Waals surface area contributed by atoms with Crippen molar-refractivity contribution in [3.8, 4) is 0 Å². The summed E-state index contributed by atoms with van der Waals surface area (Å²) >= 11 is 0. The molecule has 0 aliphatic rings. The molecule has 0 radical (unpaired) electrons. The minimum absolute atomic E-state index is 0.0990. The van der Waals surface area contributed by atoms with E-state index in [4.69, 9.17) is 14.2 Å². The second-order valence-electron chi connectivity index (χ2n) is 17.8. The molecular formula is C59H100O6. The van der Waals surface area contributed by atoms with E-state index < -0.39 is 6.10 Å². The topological polar surface area (TPSA) is 78.9 Å². The first-order valence-corrected chi connectivity index (χ1v) is 27.1. The van der Waals surface area contributed by atoms with Gasteiger partial charge in [-0.15, -0.1) is 0 Å². The molecule has 0 bridgehead atoms. The zero-order valence-electron chi connectivity index (χ0n) is 42.5. The molecular weight excluding hydrogens is 805 g/mol. The summed E-state index contributed by atoms with van der Waals surface area (Å²) in [6, 6.07) is 0. The molecule has 0 spiro atoms. The highest BCUT2D eigenvalue weighted by atomic mass is 16.6. The smallest absolute Gasteiger partial charge is 0.306 e. The van der Waals surface area contributed by atoms with Crippen molar-refractivity contribution in [2.24, 2.45) is 0 Å². The number of allylic oxidation sites excluding steroid dienone is 14. The van der Waals surface area contributed by atoms with Gasteiger partial charge in [0, 0.05) is 19.3 Å². The average molecular weight is 905 g/mol. The van der Waals surface area contributed by atoms with Gasteiger partial charge in [0.25, 0.3) is 0 Å². The number of carbonyl (C=O) groups is 3. The fraction of sp³-hybridized carbons (Fsp3) is 0.712. The van der Waals surface area contributed by atoms with Crippen LogP contribution in [0.3, 0.4) is 0 Å². The maximum absolute atomic E-state index is 12.8. The first kappa shape index (κ1) is 61.6. The third-order valence-electron chi connectivity index (χ3n) is 11.4. The van der Waals surface area contributed by atoms with Crippen LogP contribution in [0.4, 0.5) is 0 Å². The Morgan fingerprint density at radius 1 is 0.323 bits per heavy atom. The quantitative estimate of drug-likeness (QED) is 0.0262. The number of hydrogen-bond donors (Lipinski definition) is 0. The van der Waals surface area contributed by atoms with Crippen molar-refractivity contribution >= 4 is 17.9 Å². The van der Waals surface area contributed by atoms with Crippen LogP contribution in [0.2, 0.25) is 0 Å². The zero-order valence-corrected chi connectivity index (χ0v) is 42.5. The molecule has 1 atom stereocenters. The van der Waals surface area contributed by atoms with Gasteiger partial charge in [0.1, 0.15) is 13.2 Å². The minimum atomic E-state index is -0.806. The third kappa shape index (κ3) is 51.4. The maximum Gasteiger partial charge on any atom is 0.306 e. The van der Waals surface area contributed by atoms with E-state index in [0.717, 1.165) is 83.5 Å². The van der Waals surface area contributed by atoms with Gasteiger partial charge in [-0.25, -0.2) is 0 Å². The van der Waals surface area contributed by atoms with E-state index in [1.165, 1.54) is 122 Å². The number of rotatable bonds is 48. The Kier molecular flexibility index (Phi) is 50.4. The fourth-order valence-electron chi connectivity index (χ4n) is 7.33. The lowest BCUT2D eigenvalue weighted by Gasteiger charge is -2.18. The summed E-state index contributed by atoms with van der Waals surface area (Å²) in [5.74, 6) is -0.960. The third-order valence-corrected chi connectivity index (χ3v) is 11.4. The van der Waals surface area contributed by atoms with Gasteiger partial charge < -0.3 is 14.2 Å². The highest BCUT2D eigenvalue weighted by Gasteiger charge is 2.19. The molecule has 0 heterocycles. The molecule has 0 saturated heterocycles. The van der Waals surface area contributed by atoms with Gasteiger partial charge >= 0.3 is 17.9 Å². The summed E-state index contributed by atoms with van der Waals surface area (Å²) in [5.41, 5.74) is 0. The van der Waals surface area contributed by atoms with Gasteiger partial charge in [0.05, 0.1) is 0 Å². The molecule has 65 heavy (non-hydrogen) atoms. The predicted octanol–water partition coefficient (Wildman–Crippen LogP) is 18.0. The lowest BCUT2D eigenvalue weighted by Crippen LogP contribution is -2.30. The molecule has 0 aromatic carbocycles. The molecule has 0 aliphatic heterocycles. The summed E-state index contributed by atoms with van der Waals surface area (Å²) in [7, 11) is 0. The predicted molar refractivity (Wildman–Crippen MR) is 279 cm³/mol. The van der Waals surface area contributed by atoms with E-state index >= 15 is 0 Å². The Hall–Kier alpha value is -3.41. The molecule has 0 aromatic heterocycles. The lowest BCUT2D eigenvalue weighted by atomic mass is 10.1. The number of unbranched alkanes of at least 4 members (excludes halogenated alkanes) is 23. The summed E-state index contributed by atoms with van der Waals surface area (Å²) in [6.45, 7) is 6.45. The van der Waals surface area contributed by atoms with Crippen LogP contribution in [0, 0.1) is 0 Å². The van der Waals surface area contributed by atoms with Gasteiger partial charge in [-0.2, -0.15) is 0 Å². The van der Waals surface area contributed by atoms with Gasteiger partial charge in [-0.05, 0) is 89.9 Å². The number of ether oxygens (including phenoxy) is 3. The second kappa shape index (κ2) is 53.2. The molecule has 6 heteroatoms. The van der Waals surface area contributed by atoms with Crippen LogP contribution >= 0.6 is 0 Å². The Morgan fingerprint density at radius 3 is 1.02 bits per heavy atom. The normalized spacial score (nSPS) is 12.7. The van der Waals surface area contributed by atoms with Crippen molar-refractivity contribution in [3.05, 3.63) is 85.1 Å². The summed E-state index contributed by atoms with van der Waals surface area (Å²) < 4.78 is 16.8. The highest BCUT2D eigenvalue weighted by Crippen LogP contribution is 2.15. The van der Waals surface area contributed by atoms with E-state index in [1.54, 1.807) is 0 Å². The summed E-state index contributed by atoms with van der Waals surface area (Å²) in [6.07, 6.45) is 68.6. The Labute approximate surface area is 401 Å². The molecule has 0 fully saturated rings. The second-order valence-corrected chi connectivity index (χ2v) is 17.8. The van der Waals surface area contributed by atoms with Crippen molar-refractivity contribution in [1.82, 2.24) is 0 Å². The van der Waals surface area contributed by atoms with Gasteiger partial charge in [0.2, 0.25) is 0 Å². The summed E-state index contributed by atoms with van der Waals surface area (Å²) in [4.78, 5) is 38.0. The van der Waals surface area contributed by atoms with Crippen molar-refractivity contribution in [2.75, 3.05) is 13.2 Å². The van der Waals surface area contributed by atoms with E-state index in [9.17, 15) is 14.4 Å².